The first-order valence-electron chi connectivity index (χ1n) is 8.32. The summed E-state index contributed by atoms with van der Waals surface area (Å²) in [5, 5.41) is 16.8. The number of hydrogen-bond acceptors (Lipinski definition) is 7. The van der Waals surface area contributed by atoms with Gasteiger partial charge in [-0.05, 0) is 36.2 Å². The fourth-order valence-corrected chi connectivity index (χ4v) is 3.46. The molecule has 1 fully saturated rings. The van der Waals surface area contributed by atoms with E-state index in [-0.39, 0.29) is 25.1 Å². The zero-order chi connectivity index (χ0) is 18.5. The van der Waals surface area contributed by atoms with Crippen molar-refractivity contribution in [3.8, 4) is 11.5 Å². The molecule has 9 nitrogen and oxygen atoms in total. The van der Waals surface area contributed by atoms with Crippen molar-refractivity contribution in [3.63, 3.8) is 0 Å². The molecule has 1 atom stereocenters. The molecule has 136 valence electrons. The predicted octanol–water partition coefficient (Wildman–Crippen LogP) is 2.45. The third-order valence-electron chi connectivity index (χ3n) is 4.80. The number of carbonyl (C=O) groups excluding carboxylic acids is 1. The Hall–Kier alpha value is -3.62. The highest BCUT2D eigenvalue weighted by atomic mass is 16.7. The van der Waals surface area contributed by atoms with Crippen LogP contribution in [0.25, 0.3) is 0 Å². The number of carbonyl (C=O) groups is 1. The van der Waals surface area contributed by atoms with Gasteiger partial charge in [-0.15, -0.1) is 0 Å². The van der Waals surface area contributed by atoms with Crippen LogP contribution < -0.4 is 9.47 Å². The van der Waals surface area contributed by atoms with Crippen LogP contribution in [0.4, 0.5) is 10.5 Å². The zero-order valence-electron chi connectivity index (χ0n) is 14.0. The van der Waals surface area contributed by atoms with Crippen LogP contribution in [-0.2, 0) is 11.2 Å². The average Bonchev–Trinajstić information content (AvgIpc) is 3.21. The molecule has 3 heterocycles. The lowest BCUT2D eigenvalue weighted by atomic mass is 9.94. The van der Waals surface area contributed by atoms with E-state index in [1.54, 1.807) is 12.1 Å². The quantitative estimate of drug-likeness (QED) is 0.597. The lowest BCUT2D eigenvalue weighted by molar-refractivity contribution is -0.384. The monoisotopic (exact) mass is 367 g/mol. The van der Waals surface area contributed by atoms with Crippen molar-refractivity contribution >= 4 is 17.5 Å². The number of cyclic esters (lactones) is 1. The SMILES string of the molecule is O=C1OCC2Cc3cc4c(cc3C(c3ccc([N+](=O)[O-])cc3)=NN12)OCO4. The highest BCUT2D eigenvalue weighted by molar-refractivity contribution is 6.14. The first-order chi connectivity index (χ1) is 13.1. The van der Waals surface area contributed by atoms with Crippen LogP contribution in [0, 0.1) is 10.1 Å². The maximum Gasteiger partial charge on any atom is 0.430 e. The third-order valence-corrected chi connectivity index (χ3v) is 4.80. The van der Waals surface area contributed by atoms with Gasteiger partial charge in [0.1, 0.15) is 6.61 Å². The molecule has 1 unspecified atom stereocenters. The van der Waals surface area contributed by atoms with Crippen molar-refractivity contribution in [2.45, 2.75) is 12.5 Å². The van der Waals surface area contributed by atoms with Gasteiger partial charge in [0.05, 0.1) is 16.7 Å². The molecule has 0 aromatic heterocycles. The van der Waals surface area contributed by atoms with Crippen molar-refractivity contribution in [3.05, 3.63) is 63.2 Å². The van der Waals surface area contributed by atoms with Crippen molar-refractivity contribution in [1.29, 1.82) is 0 Å². The minimum Gasteiger partial charge on any atom is -0.454 e. The van der Waals surface area contributed by atoms with E-state index < -0.39 is 11.0 Å². The first-order valence-corrected chi connectivity index (χ1v) is 8.32. The first kappa shape index (κ1) is 15.6. The van der Waals surface area contributed by atoms with Crippen molar-refractivity contribution in [2.24, 2.45) is 5.10 Å². The Morgan fingerprint density at radius 3 is 2.59 bits per heavy atom. The van der Waals surface area contributed by atoms with Gasteiger partial charge < -0.3 is 14.2 Å². The molecule has 1 saturated heterocycles. The smallest absolute Gasteiger partial charge is 0.430 e. The third kappa shape index (κ3) is 2.47. The summed E-state index contributed by atoms with van der Waals surface area (Å²) in [6.45, 7) is 0.406. The van der Waals surface area contributed by atoms with Gasteiger partial charge in [0.15, 0.2) is 11.5 Å². The summed E-state index contributed by atoms with van der Waals surface area (Å²) in [5.74, 6) is 1.25. The summed E-state index contributed by atoms with van der Waals surface area (Å²) in [6, 6.07) is 9.58. The second-order valence-electron chi connectivity index (χ2n) is 6.39. The molecular formula is C18H13N3O6. The Labute approximate surface area is 152 Å². The number of non-ortho nitro benzene ring substituents is 1. The second-order valence-corrected chi connectivity index (χ2v) is 6.39. The normalized spacial score (nSPS) is 19.7. The molecule has 2 aromatic carbocycles. The lowest BCUT2D eigenvalue weighted by Crippen LogP contribution is -2.29. The van der Waals surface area contributed by atoms with Gasteiger partial charge in [-0.3, -0.25) is 10.1 Å². The van der Waals surface area contributed by atoms with Crippen LogP contribution in [0.2, 0.25) is 0 Å². The molecule has 3 aliphatic rings. The van der Waals surface area contributed by atoms with Gasteiger partial charge in [0.25, 0.3) is 5.69 Å². The molecule has 0 radical (unpaired) electrons. The summed E-state index contributed by atoms with van der Waals surface area (Å²) in [6.07, 6.45) is 0.0461. The lowest BCUT2D eigenvalue weighted by Gasteiger charge is -2.13. The molecule has 0 bridgehead atoms. The van der Waals surface area contributed by atoms with E-state index in [0.29, 0.717) is 29.2 Å². The fraction of sp³-hybridized carbons (Fsp3) is 0.222. The van der Waals surface area contributed by atoms with Crippen LogP contribution in [0.15, 0.2) is 41.5 Å². The highest BCUT2D eigenvalue weighted by Gasteiger charge is 2.37. The average molecular weight is 367 g/mol. The van der Waals surface area contributed by atoms with Crippen LogP contribution in [-0.4, -0.2) is 41.2 Å². The van der Waals surface area contributed by atoms with E-state index in [1.165, 1.54) is 17.1 Å². The van der Waals surface area contributed by atoms with Crippen molar-refractivity contribution in [1.82, 2.24) is 5.01 Å². The molecule has 0 saturated carbocycles. The standard InChI is InChI=1S/C18H13N3O6/c22-18-20-13(8-25-18)5-11-6-15-16(27-9-26-15)7-14(11)17(19-20)10-1-3-12(4-2-10)21(23)24/h1-4,6-7,13H,5,8-9H2. The predicted molar refractivity (Wildman–Crippen MR) is 92.0 cm³/mol. The number of nitrogens with zero attached hydrogens (tertiary/aromatic N) is 3. The summed E-state index contributed by atoms with van der Waals surface area (Å²) in [5.41, 5.74) is 2.91. The molecule has 0 N–H and O–H groups in total. The van der Waals surface area contributed by atoms with E-state index in [4.69, 9.17) is 14.2 Å². The Morgan fingerprint density at radius 1 is 1.11 bits per heavy atom. The Kier molecular flexibility index (Phi) is 3.30. The number of hydrazone groups is 1. The minimum atomic E-state index is -0.507. The van der Waals surface area contributed by atoms with Gasteiger partial charge >= 0.3 is 6.09 Å². The zero-order valence-corrected chi connectivity index (χ0v) is 14.0. The molecule has 3 aliphatic heterocycles. The molecule has 5 rings (SSSR count). The maximum absolute atomic E-state index is 12.1. The molecular weight excluding hydrogens is 354 g/mol. The number of nitro benzene ring substituents is 1. The Balaban J connectivity index is 1.68. The largest absolute Gasteiger partial charge is 0.454 e. The van der Waals surface area contributed by atoms with Crippen molar-refractivity contribution < 1.29 is 23.9 Å². The van der Waals surface area contributed by atoms with Crippen LogP contribution >= 0.6 is 0 Å². The molecule has 2 aromatic rings. The van der Waals surface area contributed by atoms with Crippen LogP contribution in [0.5, 0.6) is 11.5 Å². The summed E-state index contributed by atoms with van der Waals surface area (Å²) in [7, 11) is 0. The minimum absolute atomic E-state index is 0.0164. The maximum atomic E-state index is 12.1. The summed E-state index contributed by atoms with van der Waals surface area (Å²) < 4.78 is 16.1. The Bertz CT molecular complexity index is 1000. The van der Waals surface area contributed by atoms with E-state index in [9.17, 15) is 14.9 Å². The molecule has 0 spiro atoms. The Morgan fingerprint density at radius 2 is 1.85 bits per heavy atom. The van der Waals surface area contributed by atoms with Gasteiger partial charge in [0.2, 0.25) is 6.79 Å². The van der Waals surface area contributed by atoms with E-state index in [0.717, 1.165) is 11.1 Å². The summed E-state index contributed by atoms with van der Waals surface area (Å²) >= 11 is 0. The molecule has 9 heteroatoms. The highest BCUT2D eigenvalue weighted by Crippen LogP contribution is 2.38. The number of ether oxygens (including phenoxy) is 3. The van der Waals surface area contributed by atoms with Gasteiger partial charge in [-0.1, -0.05) is 0 Å². The van der Waals surface area contributed by atoms with Gasteiger partial charge in [0, 0.05) is 23.3 Å². The van der Waals surface area contributed by atoms with Gasteiger partial charge in [-0.25, -0.2) is 4.79 Å². The number of nitro groups is 1. The number of benzene rings is 2. The number of amides is 1. The van der Waals surface area contributed by atoms with E-state index in [2.05, 4.69) is 5.10 Å². The van der Waals surface area contributed by atoms with Crippen molar-refractivity contribution in [2.75, 3.05) is 13.4 Å². The second kappa shape index (κ2) is 5.70. The molecule has 27 heavy (non-hydrogen) atoms. The van der Waals surface area contributed by atoms with Gasteiger partial charge in [-0.2, -0.15) is 10.1 Å². The summed E-state index contributed by atoms with van der Waals surface area (Å²) in [4.78, 5) is 22.6. The topological polar surface area (TPSA) is 104 Å². The number of fused-ring (bicyclic) bond motifs is 3. The molecule has 1 amide bonds. The fourth-order valence-electron chi connectivity index (χ4n) is 3.46. The van der Waals surface area contributed by atoms with E-state index in [1.807, 2.05) is 12.1 Å². The number of rotatable bonds is 2. The van der Waals surface area contributed by atoms with Crippen LogP contribution in [0.3, 0.4) is 0 Å². The van der Waals surface area contributed by atoms with E-state index >= 15 is 0 Å². The van der Waals surface area contributed by atoms with Crippen LogP contribution in [0.1, 0.15) is 16.7 Å². The molecule has 0 aliphatic carbocycles. The number of hydrogen-bond donors (Lipinski definition) is 0.